The van der Waals surface area contributed by atoms with E-state index in [1.54, 1.807) is 6.08 Å². The van der Waals surface area contributed by atoms with Gasteiger partial charge >= 0.3 is 0 Å². The van der Waals surface area contributed by atoms with Gasteiger partial charge in [0.25, 0.3) is 7.82 Å². The minimum absolute atomic E-state index is 0.0134. The zero-order chi connectivity index (χ0) is 53.5. The molecule has 0 aromatic heterocycles. The molecule has 73 heavy (non-hydrogen) atoms. The Kier molecular flexibility index (Phi) is 53.2. The van der Waals surface area contributed by atoms with E-state index in [2.05, 4.69) is 79.9 Å². The van der Waals surface area contributed by atoms with E-state index in [1.165, 1.54) is 186 Å². The second-order valence-corrected chi connectivity index (χ2v) is 23.4. The molecular weight excluding hydrogens is 924 g/mol. The van der Waals surface area contributed by atoms with Gasteiger partial charge in [0.2, 0.25) is 5.91 Å². The third kappa shape index (κ3) is 57.5. The highest BCUT2D eigenvalue weighted by Gasteiger charge is 2.23. The Hall–Kier alpha value is -2.06. The summed E-state index contributed by atoms with van der Waals surface area (Å²) in [6.45, 7) is 4.62. The van der Waals surface area contributed by atoms with Gasteiger partial charge in [0.05, 0.1) is 39.9 Å². The van der Waals surface area contributed by atoms with Crippen LogP contribution in [0.4, 0.5) is 0 Å². The number of amides is 1. The highest BCUT2D eigenvalue weighted by Crippen LogP contribution is 2.38. The molecular formula is C64H119N2O6P. The Morgan fingerprint density at radius 2 is 0.808 bits per heavy atom. The second kappa shape index (κ2) is 54.7. The molecule has 0 radical (unpaired) electrons. The molecule has 8 nitrogen and oxygen atoms in total. The molecule has 3 atom stereocenters. The van der Waals surface area contributed by atoms with Crippen molar-refractivity contribution in [3.05, 3.63) is 72.9 Å². The van der Waals surface area contributed by atoms with Crippen molar-refractivity contribution in [2.24, 2.45) is 0 Å². The molecule has 0 aliphatic carbocycles. The molecule has 0 saturated carbocycles. The molecule has 0 spiro atoms. The predicted molar refractivity (Wildman–Crippen MR) is 316 cm³/mol. The number of phosphoric acid groups is 1. The van der Waals surface area contributed by atoms with Crippen LogP contribution >= 0.6 is 7.82 Å². The lowest BCUT2D eigenvalue weighted by molar-refractivity contribution is -0.870. The van der Waals surface area contributed by atoms with E-state index in [-0.39, 0.29) is 12.5 Å². The summed E-state index contributed by atoms with van der Waals surface area (Å²) in [5.74, 6) is -0.219. The molecule has 0 aliphatic heterocycles. The zero-order valence-electron chi connectivity index (χ0n) is 48.6. The number of aliphatic hydroxyl groups is 1. The van der Waals surface area contributed by atoms with Crippen molar-refractivity contribution in [3.63, 3.8) is 0 Å². The molecule has 0 aromatic rings. The predicted octanol–water partition coefficient (Wildman–Crippen LogP) is 18.4. The summed E-state index contributed by atoms with van der Waals surface area (Å²) in [5.41, 5.74) is 0. The van der Waals surface area contributed by atoms with Crippen LogP contribution in [-0.2, 0) is 18.4 Å². The lowest BCUT2D eigenvalue weighted by Crippen LogP contribution is -2.45. The molecule has 0 aliphatic rings. The largest absolute Gasteiger partial charge is 0.756 e. The number of carbonyl (C=O) groups excluding carboxylic acids is 1. The first kappa shape index (κ1) is 70.9. The van der Waals surface area contributed by atoms with Gasteiger partial charge in [0, 0.05) is 6.42 Å². The topological polar surface area (TPSA) is 108 Å². The summed E-state index contributed by atoms with van der Waals surface area (Å²) in [5, 5.41) is 13.9. The average Bonchev–Trinajstić information content (AvgIpc) is 3.35. The number of allylic oxidation sites excluding steroid dienone is 11. The second-order valence-electron chi connectivity index (χ2n) is 22.0. The first-order valence-corrected chi connectivity index (χ1v) is 32.3. The number of carbonyl (C=O) groups is 1. The summed E-state index contributed by atoms with van der Waals surface area (Å²) >= 11 is 0. The monoisotopic (exact) mass is 1040 g/mol. The van der Waals surface area contributed by atoms with Gasteiger partial charge in [-0.1, -0.05) is 260 Å². The van der Waals surface area contributed by atoms with Crippen LogP contribution in [-0.4, -0.2) is 68.5 Å². The lowest BCUT2D eigenvalue weighted by Gasteiger charge is -2.29. The fraction of sp³-hybridized carbons (Fsp3) is 0.797. The number of nitrogens with one attached hydrogen (secondary N) is 1. The third-order valence-corrected chi connectivity index (χ3v) is 14.6. The average molecular weight is 1040 g/mol. The number of nitrogens with zero attached hydrogens (tertiary/aromatic N) is 1. The van der Waals surface area contributed by atoms with Crippen LogP contribution in [0.15, 0.2) is 72.9 Å². The van der Waals surface area contributed by atoms with Crippen LogP contribution in [0.25, 0.3) is 0 Å². The fourth-order valence-electron chi connectivity index (χ4n) is 8.78. The fourth-order valence-corrected chi connectivity index (χ4v) is 9.50. The van der Waals surface area contributed by atoms with E-state index in [0.29, 0.717) is 17.4 Å². The van der Waals surface area contributed by atoms with E-state index in [4.69, 9.17) is 9.05 Å². The lowest BCUT2D eigenvalue weighted by atomic mass is 10.0. The smallest absolute Gasteiger partial charge is 0.268 e. The Morgan fingerprint density at radius 1 is 0.479 bits per heavy atom. The van der Waals surface area contributed by atoms with E-state index >= 15 is 0 Å². The number of hydrogen-bond acceptors (Lipinski definition) is 6. The molecule has 3 unspecified atom stereocenters. The number of hydrogen-bond donors (Lipinski definition) is 2. The molecule has 426 valence electrons. The van der Waals surface area contributed by atoms with Crippen LogP contribution in [0.3, 0.4) is 0 Å². The molecule has 0 heterocycles. The highest BCUT2D eigenvalue weighted by molar-refractivity contribution is 7.45. The van der Waals surface area contributed by atoms with Gasteiger partial charge in [0.15, 0.2) is 0 Å². The van der Waals surface area contributed by atoms with Crippen molar-refractivity contribution < 1.29 is 32.9 Å². The van der Waals surface area contributed by atoms with Crippen molar-refractivity contribution in [1.29, 1.82) is 0 Å². The molecule has 9 heteroatoms. The highest BCUT2D eigenvalue weighted by atomic mass is 31.2. The van der Waals surface area contributed by atoms with Crippen molar-refractivity contribution >= 4 is 13.7 Å². The Labute approximate surface area is 453 Å². The van der Waals surface area contributed by atoms with Gasteiger partial charge in [-0.25, -0.2) is 0 Å². The van der Waals surface area contributed by atoms with E-state index in [9.17, 15) is 19.4 Å². The van der Waals surface area contributed by atoms with E-state index < -0.39 is 26.6 Å². The quantitative estimate of drug-likeness (QED) is 0.0272. The zero-order valence-corrected chi connectivity index (χ0v) is 49.5. The van der Waals surface area contributed by atoms with Crippen LogP contribution in [0.2, 0.25) is 0 Å². The van der Waals surface area contributed by atoms with Crippen LogP contribution in [0.1, 0.15) is 277 Å². The number of quaternary nitrogens is 1. The maximum atomic E-state index is 13.0. The molecule has 0 saturated heterocycles. The van der Waals surface area contributed by atoms with Crippen molar-refractivity contribution in [3.8, 4) is 0 Å². The van der Waals surface area contributed by atoms with Crippen molar-refractivity contribution in [2.45, 2.75) is 289 Å². The van der Waals surface area contributed by atoms with Crippen molar-refractivity contribution in [1.82, 2.24) is 5.32 Å². The summed E-state index contributed by atoms with van der Waals surface area (Å²) in [6.07, 6.45) is 75.7. The maximum Gasteiger partial charge on any atom is 0.268 e. The molecule has 0 fully saturated rings. The number of rotatable bonds is 56. The molecule has 0 bridgehead atoms. The molecule has 2 N–H and O–H groups in total. The standard InChI is InChI=1S/C64H119N2O6P/c1-6-8-10-12-14-16-18-20-22-24-26-28-30-31-32-33-34-36-37-39-41-43-45-47-49-51-53-55-57-63(67)62(61-72-73(69,70)71-60-59-66(3,4)5)65-64(68)58-56-54-52-50-48-46-44-42-40-38-35-29-27-25-23-21-19-17-15-13-11-9-7-2/h19,21,25,27,35,38-39,41,47,49,55,57,62-63,67H,6-18,20,22-24,26,28-34,36-37,40,42-46,48,50-54,56,58-61H2,1-5H3,(H-,65,68,69,70)/b21-19-,27-25-,38-35-,41-39+,49-47+,57-55+. The van der Waals surface area contributed by atoms with Crippen LogP contribution in [0.5, 0.6) is 0 Å². The summed E-state index contributed by atoms with van der Waals surface area (Å²) in [6, 6.07) is -0.919. The maximum absolute atomic E-state index is 13.0. The van der Waals surface area contributed by atoms with Gasteiger partial charge in [-0.15, -0.1) is 0 Å². The van der Waals surface area contributed by atoms with Gasteiger partial charge in [-0.05, 0) is 83.5 Å². The molecule has 0 aromatic carbocycles. The SMILES string of the molecule is CCCCCCC/C=C\C/C=C\C/C=C\CCCCCCCCCCC(=O)NC(COP(=O)([O-])OCC[N+](C)(C)C)C(O)/C=C/CC/C=C/CC/C=C/CCCCCCCCCCCCCCCCCCCC. The Bertz CT molecular complexity index is 1420. The summed E-state index contributed by atoms with van der Waals surface area (Å²) in [7, 11) is 1.23. The third-order valence-electron chi connectivity index (χ3n) is 13.6. The minimum Gasteiger partial charge on any atom is -0.756 e. The van der Waals surface area contributed by atoms with Gasteiger partial charge in [-0.2, -0.15) is 0 Å². The Morgan fingerprint density at radius 3 is 1.21 bits per heavy atom. The first-order valence-electron chi connectivity index (χ1n) is 30.8. The summed E-state index contributed by atoms with van der Waals surface area (Å²) < 4.78 is 23.4. The van der Waals surface area contributed by atoms with Crippen molar-refractivity contribution in [2.75, 3.05) is 40.9 Å². The minimum atomic E-state index is -4.62. The first-order chi connectivity index (χ1) is 35.5. The number of unbranched alkanes of at least 4 members (excludes halogenated alkanes) is 33. The molecule has 1 amide bonds. The van der Waals surface area contributed by atoms with Crippen LogP contribution < -0.4 is 10.2 Å². The normalized spacial score (nSPS) is 14.3. The summed E-state index contributed by atoms with van der Waals surface area (Å²) in [4.78, 5) is 25.5. The van der Waals surface area contributed by atoms with Gasteiger partial charge < -0.3 is 28.8 Å². The van der Waals surface area contributed by atoms with Gasteiger partial charge in [-0.3, -0.25) is 9.36 Å². The van der Waals surface area contributed by atoms with Gasteiger partial charge in [0.1, 0.15) is 13.2 Å². The Balaban J connectivity index is 4.27. The number of likely N-dealkylation sites (N-methyl/N-ethyl adjacent to an activating group) is 1. The van der Waals surface area contributed by atoms with Crippen LogP contribution in [0, 0.1) is 0 Å². The number of phosphoric ester groups is 1. The molecule has 0 rings (SSSR count). The number of aliphatic hydroxyl groups excluding tert-OH is 1. The van der Waals surface area contributed by atoms with E-state index in [0.717, 1.165) is 70.6 Å². The van der Waals surface area contributed by atoms with E-state index in [1.807, 2.05) is 27.2 Å².